The number of morpholine rings is 1. The predicted octanol–water partition coefficient (Wildman–Crippen LogP) is 3.44. The van der Waals surface area contributed by atoms with Gasteiger partial charge in [-0.15, -0.1) is 0 Å². The molecular weight excluding hydrogens is 260 g/mol. The number of hydrogen-bond acceptors (Lipinski definition) is 3. The van der Waals surface area contributed by atoms with Gasteiger partial charge in [0.1, 0.15) is 0 Å². The molecule has 2 fully saturated rings. The zero-order chi connectivity index (χ0) is 15.1. The lowest BCUT2D eigenvalue weighted by atomic mass is 9.76. The Labute approximate surface area is 131 Å². The van der Waals surface area contributed by atoms with Crippen molar-refractivity contribution in [3.05, 3.63) is 0 Å². The van der Waals surface area contributed by atoms with Gasteiger partial charge >= 0.3 is 0 Å². The van der Waals surface area contributed by atoms with Crippen LogP contribution in [-0.2, 0) is 4.74 Å². The van der Waals surface area contributed by atoms with Crippen molar-refractivity contribution in [2.45, 2.75) is 77.3 Å². The van der Waals surface area contributed by atoms with E-state index in [0.717, 1.165) is 38.8 Å². The van der Waals surface area contributed by atoms with Gasteiger partial charge in [0.25, 0.3) is 0 Å². The van der Waals surface area contributed by atoms with E-state index in [0.29, 0.717) is 11.6 Å². The van der Waals surface area contributed by atoms with Crippen LogP contribution in [0.25, 0.3) is 0 Å². The third-order valence-electron chi connectivity index (χ3n) is 5.82. The average Bonchev–Trinajstić information content (AvgIpc) is 3.03. The first-order chi connectivity index (χ1) is 10.3. The molecule has 124 valence electrons. The summed E-state index contributed by atoms with van der Waals surface area (Å²) in [6.07, 6.45) is 9.39. The van der Waals surface area contributed by atoms with Gasteiger partial charge in [-0.2, -0.15) is 0 Å². The highest BCUT2D eigenvalue weighted by atomic mass is 16.5. The molecule has 1 heterocycles. The summed E-state index contributed by atoms with van der Waals surface area (Å²) in [5.41, 5.74) is 0.398. The Bertz CT molecular complexity index is 279. The average molecular weight is 296 g/mol. The Morgan fingerprint density at radius 3 is 2.19 bits per heavy atom. The molecule has 0 amide bonds. The summed E-state index contributed by atoms with van der Waals surface area (Å²) < 4.78 is 5.62. The zero-order valence-corrected chi connectivity index (χ0v) is 14.5. The van der Waals surface area contributed by atoms with Crippen LogP contribution in [0.1, 0.15) is 65.7 Å². The molecule has 0 aromatic heterocycles. The molecule has 3 nitrogen and oxygen atoms in total. The van der Waals surface area contributed by atoms with Gasteiger partial charge in [0.2, 0.25) is 0 Å². The number of ether oxygens (including phenoxy) is 1. The van der Waals surface area contributed by atoms with E-state index in [2.05, 4.69) is 31.0 Å². The van der Waals surface area contributed by atoms with Crippen molar-refractivity contribution in [2.75, 3.05) is 32.8 Å². The van der Waals surface area contributed by atoms with Crippen LogP contribution >= 0.6 is 0 Å². The fourth-order valence-electron chi connectivity index (χ4n) is 4.68. The smallest absolute Gasteiger partial charge is 0.0594 e. The molecule has 2 rings (SSSR count). The summed E-state index contributed by atoms with van der Waals surface area (Å²) in [7, 11) is 0. The number of nitrogens with zero attached hydrogens (tertiary/aromatic N) is 1. The summed E-state index contributed by atoms with van der Waals surface area (Å²) in [6.45, 7) is 12.3. The van der Waals surface area contributed by atoms with Gasteiger partial charge in [-0.1, -0.05) is 46.5 Å². The third-order valence-corrected chi connectivity index (χ3v) is 5.82. The van der Waals surface area contributed by atoms with Crippen molar-refractivity contribution < 1.29 is 4.74 Å². The molecule has 1 saturated carbocycles. The molecule has 0 aromatic rings. The van der Waals surface area contributed by atoms with Gasteiger partial charge in [-0.05, 0) is 31.7 Å². The van der Waals surface area contributed by atoms with E-state index in [-0.39, 0.29) is 0 Å². The highest BCUT2D eigenvalue weighted by molar-refractivity contribution is 5.06. The second-order valence-electron chi connectivity index (χ2n) is 6.92. The van der Waals surface area contributed by atoms with Crippen molar-refractivity contribution in [3.8, 4) is 0 Å². The van der Waals surface area contributed by atoms with Crippen LogP contribution in [0.4, 0.5) is 0 Å². The topological polar surface area (TPSA) is 24.5 Å². The third kappa shape index (κ3) is 3.80. The molecule has 1 saturated heterocycles. The Balaban J connectivity index is 2.21. The highest BCUT2D eigenvalue weighted by Gasteiger charge is 2.47. The van der Waals surface area contributed by atoms with Crippen molar-refractivity contribution in [1.82, 2.24) is 10.2 Å². The first-order valence-electron chi connectivity index (χ1n) is 9.34. The van der Waals surface area contributed by atoms with E-state index in [1.165, 1.54) is 44.9 Å². The maximum absolute atomic E-state index is 5.62. The van der Waals surface area contributed by atoms with Gasteiger partial charge in [0, 0.05) is 24.7 Å². The summed E-state index contributed by atoms with van der Waals surface area (Å²) >= 11 is 0. The molecule has 1 unspecified atom stereocenters. The van der Waals surface area contributed by atoms with Crippen molar-refractivity contribution >= 4 is 0 Å². The second-order valence-corrected chi connectivity index (χ2v) is 6.92. The maximum Gasteiger partial charge on any atom is 0.0594 e. The van der Waals surface area contributed by atoms with Gasteiger partial charge in [-0.3, -0.25) is 4.90 Å². The molecule has 0 radical (unpaired) electrons. The largest absolute Gasteiger partial charge is 0.379 e. The van der Waals surface area contributed by atoms with Crippen LogP contribution in [0, 0.1) is 5.92 Å². The quantitative estimate of drug-likeness (QED) is 0.742. The lowest BCUT2D eigenvalue weighted by Gasteiger charge is -2.51. The first-order valence-corrected chi connectivity index (χ1v) is 9.34. The van der Waals surface area contributed by atoms with Crippen LogP contribution < -0.4 is 5.32 Å². The van der Waals surface area contributed by atoms with Gasteiger partial charge in [0.05, 0.1) is 13.2 Å². The molecule has 1 aliphatic heterocycles. The fraction of sp³-hybridized carbons (Fsp3) is 1.00. The maximum atomic E-state index is 5.62. The van der Waals surface area contributed by atoms with Gasteiger partial charge in [0.15, 0.2) is 0 Å². The molecule has 21 heavy (non-hydrogen) atoms. The molecule has 1 N–H and O–H groups in total. The summed E-state index contributed by atoms with van der Waals surface area (Å²) in [5, 5.41) is 3.97. The SMILES string of the molecule is CCCNC(C(CC)CC)C1(N2CCOCC2)CCCC1. The molecular formula is C18H36N2O. The molecule has 1 atom stereocenters. The zero-order valence-electron chi connectivity index (χ0n) is 14.5. The van der Waals surface area contributed by atoms with E-state index in [1.807, 2.05) is 0 Å². The minimum Gasteiger partial charge on any atom is -0.379 e. The Morgan fingerprint density at radius 1 is 1.05 bits per heavy atom. The molecule has 0 aromatic carbocycles. The van der Waals surface area contributed by atoms with Gasteiger partial charge in [-0.25, -0.2) is 0 Å². The Hall–Kier alpha value is -0.120. The minimum atomic E-state index is 0.398. The normalized spacial score (nSPS) is 24.6. The van der Waals surface area contributed by atoms with Crippen LogP contribution in [0.5, 0.6) is 0 Å². The van der Waals surface area contributed by atoms with Crippen molar-refractivity contribution in [2.24, 2.45) is 5.92 Å². The van der Waals surface area contributed by atoms with E-state index in [1.54, 1.807) is 0 Å². The lowest BCUT2D eigenvalue weighted by molar-refractivity contribution is -0.0454. The van der Waals surface area contributed by atoms with E-state index < -0.39 is 0 Å². The monoisotopic (exact) mass is 296 g/mol. The van der Waals surface area contributed by atoms with Gasteiger partial charge < -0.3 is 10.1 Å². The Kier molecular flexibility index (Phi) is 6.97. The Morgan fingerprint density at radius 2 is 1.67 bits per heavy atom. The molecule has 2 aliphatic rings. The summed E-state index contributed by atoms with van der Waals surface area (Å²) in [6, 6.07) is 0.660. The van der Waals surface area contributed by atoms with Crippen LogP contribution in [-0.4, -0.2) is 49.3 Å². The molecule has 0 bridgehead atoms. The number of nitrogens with one attached hydrogen (secondary N) is 1. The van der Waals surface area contributed by atoms with Crippen LogP contribution in [0.3, 0.4) is 0 Å². The van der Waals surface area contributed by atoms with E-state index in [9.17, 15) is 0 Å². The molecule has 3 heteroatoms. The highest BCUT2D eigenvalue weighted by Crippen LogP contribution is 2.42. The number of rotatable bonds is 8. The summed E-state index contributed by atoms with van der Waals surface area (Å²) in [5.74, 6) is 0.803. The van der Waals surface area contributed by atoms with Crippen molar-refractivity contribution in [1.29, 1.82) is 0 Å². The van der Waals surface area contributed by atoms with Crippen molar-refractivity contribution in [3.63, 3.8) is 0 Å². The lowest BCUT2D eigenvalue weighted by Crippen LogP contribution is -2.64. The van der Waals surface area contributed by atoms with Crippen LogP contribution in [0.2, 0.25) is 0 Å². The van der Waals surface area contributed by atoms with E-state index in [4.69, 9.17) is 4.74 Å². The molecule has 0 spiro atoms. The predicted molar refractivity (Wildman–Crippen MR) is 89.7 cm³/mol. The summed E-state index contributed by atoms with van der Waals surface area (Å²) in [4.78, 5) is 2.79. The van der Waals surface area contributed by atoms with Crippen LogP contribution in [0.15, 0.2) is 0 Å². The molecule has 1 aliphatic carbocycles. The first kappa shape index (κ1) is 17.2. The van der Waals surface area contributed by atoms with E-state index >= 15 is 0 Å². The number of hydrogen-bond donors (Lipinski definition) is 1. The fourth-order valence-corrected chi connectivity index (χ4v) is 4.68. The second kappa shape index (κ2) is 8.50. The minimum absolute atomic E-state index is 0.398. The standard InChI is InChI=1S/C18H36N2O/c1-4-11-19-17(16(5-2)6-3)18(9-7-8-10-18)20-12-14-21-15-13-20/h16-17,19H,4-15H2,1-3H3.